The molecule has 0 saturated carbocycles. The zero-order valence-corrected chi connectivity index (χ0v) is 21.1. The van der Waals surface area contributed by atoms with Crippen molar-refractivity contribution in [1.82, 2.24) is 10.3 Å². The number of Topliss-reactive ketones (excluding diaryl/α,β-unsaturated/α-hetero) is 1. The second kappa shape index (κ2) is 11.6. The van der Waals surface area contributed by atoms with Gasteiger partial charge in [-0.05, 0) is 50.7 Å². The smallest absolute Gasteiger partial charge is 0.223 e. The summed E-state index contributed by atoms with van der Waals surface area (Å²) in [6.45, 7) is 13.3. The maximum Gasteiger partial charge on any atom is 0.223 e. The van der Waals surface area contributed by atoms with E-state index in [1.165, 1.54) is 0 Å². The van der Waals surface area contributed by atoms with E-state index in [-0.39, 0.29) is 30.1 Å². The Labute approximate surface area is 198 Å². The molecule has 2 rings (SSSR count). The van der Waals surface area contributed by atoms with Crippen LogP contribution in [0, 0.1) is 24.2 Å². The van der Waals surface area contributed by atoms with E-state index in [1.807, 2.05) is 26.8 Å². The summed E-state index contributed by atoms with van der Waals surface area (Å²) in [5.74, 6) is 0.453. The van der Waals surface area contributed by atoms with Gasteiger partial charge in [-0.3, -0.25) is 9.59 Å². The summed E-state index contributed by atoms with van der Waals surface area (Å²) in [4.78, 5) is 30.3. The molecule has 33 heavy (non-hydrogen) atoms. The van der Waals surface area contributed by atoms with Gasteiger partial charge in [-0.1, -0.05) is 51.5 Å². The van der Waals surface area contributed by atoms with Crippen LogP contribution in [0.1, 0.15) is 78.8 Å². The molecule has 2 heterocycles. The Hall–Kier alpha value is -2.47. The molecule has 1 aromatic rings. The van der Waals surface area contributed by atoms with Gasteiger partial charge in [0.25, 0.3) is 0 Å². The van der Waals surface area contributed by atoms with Crippen LogP contribution in [0.3, 0.4) is 0 Å². The van der Waals surface area contributed by atoms with Crippen molar-refractivity contribution >= 4 is 17.8 Å². The van der Waals surface area contributed by atoms with E-state index >= 15 is 0 Å². The maximum absolute atomic E-state index is 13.1. The first-order chi connectivity index (χ1) is 15.4. The number of allylic oxidation sites excluding steroid dienone is 3. The van der Waals surface area contributed by atoms with Crippen molar-refractivity contribution in [2.45, 2.75) is 86.3 Å². The predicted molar refractivity (Wildman–Crippen MR) is 131 cm³/mol. The average molecular weight is 457 g/mol. The van der Waals surface area contributed by atoms with Crippen molar-refractivity contribution in [2.75, 3.05) is 0 Å². The molecule has 1 aromatic heterocycles. The van der Waals surface area contributed by atoms with Gasteiger partial charge in [0.1, 0.15) is 17.7 Å². The van der Waals surface area contributed by atoms with Crippen LogP contribution in [0.4, 0.5) is 0 Å². The first-order valence-electron chi connectivity index (χ1n) is 11.9. The number of nitrogens with one attached hydrogen (secondary N) is 1. The van der Waals surface area contributed by atoms with Gasteiger partial charge in [0.05, 0.1) is 24.0 Å². The number of ketones is 1. The Morgan fingerprint density at radius 2 is 1.94 bits per heavy atom. The summed E-state index contributed by atoms with van der Waals surface area (Å²) in [5.41, 5.74) is 1.74. The second-order valence-electron chi connectivity index (χ2n) is 10.2. The lowest BCUT2D eigenvalue weighted by Gasteiger charge is -2.32. The molecule has 1 unspecified atom stereocenters. The molecule has 0 fully saturated rings. The number of amides is 1. The summed E-state index contributed by atoms with van der Waals surface area (Å²) >= 11 is 0. The molecule has 182 valence electrons. The monoisotopic (exact) mass is 456 g/mol. The first-order valence-corrected chi connectivity index (χ1v) is 11.9. The number of aliphatic hydroxyl groups is 1. The molecule has 6 heteroatoms. The van der Waals surface area contributed by atoms with E-state index in [0.29, 0.717) is 23.9 Å². The number of hydrogen-bond donors (Lipinski definition) is 2. The van der Waals surface area contributed by atoms with Gasteiger partial charge in [0.15, 0.2) is 5.89 Å². The highest BCUT2D eigenvalue weighted by Crippen LogP contribution is 2.31. The van der Waals surface area contributed by atoms with Crippen LogP contribution in [-0.4, -0.2) is 33.9 Å². The predicted octanol–water partition coefficient (Wildman–Crippen LogP) is 5.18. The van der Waals surface area contributed by atoms with Crippen molar-refractivity contribution < 1.29 is 19.1 Å². The molecule has 0 radical (unpaired) electrons. The van der Waals surface area contributed by atoms with Crippen LogP contribution in [0.25, 0.3) is 6.08 Å². The molecule has 1 aliphatic rings. The van der Waals surface area contributed by atoms with Gasteiger partial charge >= 0.3 is 0 Å². The molecule has 0 bridgehead atoms. The fourth-order valence-electron chi connectivity index (χ4n) is 4.29. The molecule has 1 amide bonds. The van der Waals surface area contributed by atoms with Crippen LogP contribution >= 0.6 is 0 Å². The van der Waals surface area contributed by atoms with Gasteiger partial charge < -0.3 is 14.8 Å². The van der Waals surface area contributed by atoms with E-state index in [2.05, 4.69) is 35.5 Å². The van der Waals surface area contributed by atoms with Crippen LogP contribution in [-0.2, 0) is 9.59 Å². The number of aliphatic hydroxyl groups excluding tert-OH is 1. The Morgan fingerprint density at radius 1 is 1.24 bits per heavy atom. The highest BCUT2D eigenvalue weighted by molar-refractivity contribution is 5.88. The second-order valence-corrected chi connectivity index (χ2v) is 10.2. The molecule has 2 N–H and O–H groups in total. The lowest BCUT2D eigenvalue weighted by atomic mass is 9.74. The van der Waals surface area contributed by atoms with Crippen molar-refractivity contribution in [3.05, 3.63) is 47.2 Å². The van der Waals surface area contributed by atoms with E-state index in [9.17, 15) is 14.7 Å². The lowest BCUT2D eigenvalue weighted by Crippen LogP contribution is -2.45. The van der Waals surface area contributed by atoms with E-state index < -0.39 is 11.5 Å². The minimum absolute atomic E-state index is 0.00386. The Kier molecular flexibility index (Phi) is 9.41. The standard InChI is InChI=1S/C27H40N2O4/c1-17-9-8-10-18(2)13-20(4)26(32)27(6,7)24(30)15-25(31)29-23(12-11-17)19(3)14-22-16-33-21(5)28-22/h8-9,11,14,16,18,20,23-24,30H,10,12-13,15H2,1-7H3,(H,29,31)/b9-8+,17-11-,19-14+/t18-,20+,23?,24-/m0/s1. The van der Waals surface area contributed by atoms with Crippen molar-refractivity contribution in [3.63, 3.8) is 0 Å². The molecular weight excluding hydrogens is 416 g/mol. The Bertz CT molecular complexity index is 922. The van der Waals surface area contributed by atoms with Crippen molar-refractivity contribution in [3.8, 4) is 0 Å². The largest absolute Gasteiger partial charge is 0.449 e. The van der Waals surface area contributed by atoms with Crippen LogP contribution < -0.4 is 5.32 Å². The molecule has 0 aliphatic carbocycles. The van der Waals surface area contributed by atoms with E-state index in [0.717, 1.165) is 24.0 Å². The van der Waals surface area contributed by atoms with Gasteiger partial charge in [-0.2, -0.15) is 0 Å². The minimum atomic E-state index is -1.06. The number of carbonyl (C=O) groups excluding carboxylic acids is 2. The summed E-state index contributed by atoms with van der Waals surface area (Å²) in [7, 11) is 0. The zero-order valence-electron chi connectivity index (χ0n) is 21.1. The topological polar surface area (TPSA) is 92.4 Å². The quantitative estimate of drug-likeness (QED) is 0.640. The molecule has 0 saturated heterocycles. The van der Waals surface area contributed by atoms with Gasteiger partial charge in [-0.15, -0.1) is 0 Å². The summed E-state index contributed by atoms with van der Waals surface area (Å²) in [6.07, 6.45) is 10.9. The van der Waals surface area contributed by atoms with Gasteiger partial charge in [-0.25, -0.2) is 4.98 Å². The zero-order chi connectivity index (χ0) is 24.8. The van der Waals surface area contributed by atoms with Crippen LogP contribution in [0.5, 0.6) is 0 Å². The highest BCUT2D eigenvalue weighted by Gasteiger charge is 2.39. The number of aromatic nitrogens is 1. The molecular formula is C27H40N2O4. The third-order valence-corrected chi connectivity index (χ3v) is 6.54. The summed E-state index contributed by atoms with van der Waals surface area (Å²) in [6, 6.07) is -0.269. The number of aryl methyl sites for hydroxylation is 1. The molecule has 4 atom stereocenters. The molecule has 0 aromatic carbocycles. The lowest BCUT2D eigenvalue weighted by molar-refractivity contribution is -0.139. The minimum Gasteiger partial charge on any atom is -0.449 e. The van der Waals surface area contributed by atoms with Crippen molar-refractivity contribution in [2.24, 2.45) is 17.3 Å². The summed E-state index contributed by atoms with van der Waals surface area (Å²) in [5, 5.41) is 13.9. The Balaban J connectivity index is 2.34. The Morgan fingerprint density at radius 3 is 2.58 bits per heavy atom. The fourth-order valence-corrected chi connectivity index (χ4v) is 4.29. The van der Waals surface area contributed by atoms with Gasteiger partial charge in [0, 0.05) is 12.8 Å². The average Bonchev–Trinajstić information content (AvgIpc) is 3.13. The SMILES string of the molecule is CC1=C/CC(/C(C)=C/c2coc(C)n2)NC(=O)C[C@H](O)C(C)(C)C(=O)[C@H](C)C[C@@H](C)C\C=C\1. The third kappa shape index (κ3) is 7.81. The van der Waals surface area contributed by atoms with E-state index in [4.69, 9.17) is 4.42 Å². The van der Waals surface area contributed by atoms with E-state index in [1.54, 1.807) is 27.0 Å². The highest BCUT2D eigenvalue weighted by atomic mass is 16.3. The molecule has 6 nitrogen and oxygen atoms in total. The number of rotatable bonds is 2. The van der Waals surface area contributed by atoms with Gasteiger partial charge in [0.2, 0.25) is 5.91 Å². The fraction of sp³-hybridized carbons (Fsp3) is 0.593. The van der Waals surface area contributed by atoms with Crippen LogP contribution in [0.2, 0.25) is 0 Å². The van der Waals surface area contributed by atoms with Crippen LogP contribution in [0.15, 0.2) is 40.1 Å². The summed E-state index contributed by atoms with van der Waals surface area (Å²) < 4.78 is 5.29. The molecule has 0 spiro atoms. The number of hydrogen-bond acceptors (Lipinski definition) is 5. The first kappa shape index (κ1) is 26.8. The number of nitrogens with zero attached hydrogens (tertiary/aromatic N) is 1. The number of oxazole rings is 1. The third-order valence-electron chi connectivity index (χ3n) is 6.54. The maximum atomic E-state index is 13.1. The van der Waals surface area contributed by atoms with Crippen molar-refractivity contribution in [1.29, 1.82) is 0 Å². The molecule has 1 aliphatic heterocycles. The normalized spacial score (nSPS) is 30.9. The number of carbonyl (C=O) groups is 2.